The first-order valence-electron chi connectivity index (χ1n) is 8.16. The molecule has 5 heterocycles. The summed E-state index contributed by atoms with van der Waals surface area (Å²) in [5, 5.41) is 9.06. The number of benzene rings is 1. The summed E-state index contributed by atoms with van der Waals surface area (Å²) in [6, 6.07) is 16.2. The van der Waals surface area contributed by atoms with E-state index in [4.69, 9.17) is 9.52 Å². The Morgan fingerprint density at radius 2 is 1.96 bits per heavy atom. The van der Waals surface area contributed by atoms with E-state index in [1.54, 1.807) is 22.7 Å². The maximum absolute atomic E-state index is 5.89. The van der Waals surface area contributed by atoms with Gasteiger partial charge in [0, 0.05) is 27.4 Å². The van der Waals surface area contributed by atoms with Crippen molar-refractivity contribution < 1.29 is 4.42 Å². The van der Waals surface area contributed by atoms with Crippen molar-refractivity contribution in [2.75, 3.05) is 0 Å². The minimum atomic E-state index is 0.632. The number of rotatable bonds is 2. The summed E-state index contributed by atoms with van der Waals surface area (Å²) >= 11 is 3.53. The van der Waals surface area contributed by atoms with E-state index < -0.39 is 0 Å². The number of thiophene rings is 2. The van der Waals surface area contributed by atoms with Crippen LogP contribution in [0.1, 0.15) is 0 Å². The van der Waals surface area contributed by atoms with Crippen molar-refractivity contribution >= 4 is 48.7 Å². The summed E-state index contributed by atoms with van der Waals surface area (Å²) in [4.78, 5) is 4.59. The molecular formula is C20H11N3OS2. The summed E-state index contributed by atoms with van der Waals surface area (Å²) in [6.07, 6.45) is 1.96. The maximum Gasteiger partial charge on any atom is 0.227 e. The molecule has 4 nitrogen and oxygen atoms in total. The van der Waals surface area contributed by atoms with E-state index in [1.165, 1.54) is 15.0 Å². The molecule has 6 heteroatoms. The van der Waals surface area contributed by atoms with Crippen molar-refractivity contribution in [3.63, 3.8) is 0 Å². The molecule has 5 aromatic heterocycles. The Morgan fingerprint density at radius 3 is 2.92 bits per heavy atom. The zero-order valence-corrected chi connectivity index (χ0v) is 15.1. The maximum atomic E-state index is 5.89. The molecule has 0 bridgehead atoms. The highest BCUT2D eigenvalue weighted by Gasteiger charge is 2.13. The fourth-order valence-electron chi connectivity index (χ4n) is 3.19. The average molecular weight is 373 g/mol. The SMILES string of the molecule is c1ccc2oc(-c3ccn4nc(-c5csc6ccsc56)cc4c3)nc2c1. The lowest BCUT2D eigenvalue weighted by molar-refractivity contribution is 0.619. The first-order valence-corrected chi connectivity index (χ1v) is 9.91. The van der Waals surface area contributed by atoms with Crippen LogP contribution in [-0.4, -0.2) is 14.6 Å². The molecule has 0 spiro atoms. The van der Waals surface area contributed by atoms with Gasteiger partial charge in [-0.25, -0.2) is 9.50 Å². The second kappa shape index (κ2) is 5.27. The molecule has 6 aromatic rings. The number of aromatic nitrogens is 3. The molecule has 0 amide bonds. The molecule has 0 N–H and O–H groups in total. The summed E-state index contributed by atoms with van der Waals surface area (Å²) in [6.45, 7) is 0. The van der Waals surface area contributed by atoms with E-state index in [9.17, 15) is 0 Å². The summed E-state index contributed by atoms with van der Waals surface area (Å²) in [5.74, 6) is 0.632. The molecule has 1 aromatic carbocycles. The second-order valence-corrected chi connectivity index (χ2v) is 7.89. The van der Waals surface area contributed by atoms with Gasteiger partial charge in [-0.15, -0.1) is 22.7 Å². The Morgan fingerprint density at radius 1 is 1.00 bits per heavy atom. The largest absolute Gasteiger partial charge is 0.436 e. The van der Waals surface area contributed by atoms with Crippen LogP contribution in [0.4, 0.5) is 0 Å². The van der Waals surface area contributed by atoms with Crippen LogP contribution in [0.5, 0.6) is 0 Å². The normalized spacial score (nSPS) is 11.8. The number of nitrogens with zero attached hydrogens (tertiary/aromatic N) is 3. The van der Waals surface area contributed by atoms with Crippen molar-refractivity contribution in [3.05, 3.63) is 65.5 Å². The van der Waals surface area contributed by atoms with Gasteiger partial charge in [0.15, 0.2) is 5.58 Å². The van der Waals surface area contributed by atoms with E-state index in [1.807, 2.05) is 41.0 Å². The van der Waals surface area contributed by atoms with Crippen LogP contribution in [-0.2, 0) is 0 Å². The molecule has 0 aliphatic rings. The lowest BCUT2D eigenvalue weighted by Gasteiger charge is -1.96. The summed E-state index contributed by atoms with van der Waals surface area (Å²) in [5.41, 5.74) is 5.84. The zero-order valence-electron chi connectivity index (χ0n) is 13.4. The molecule has 0 aliphatic carbocycles. The van der Waals surface area contributed by atoms with Crippen molar-refractivity contribution in [2.24, 2.45) is 0 Å². The van der Waals surface area contributed by atoms with Gasteiger partial charge in [0.2, 0.25) is 5.89 Å². The van der Waals surface area contributed by atoms with Crippen LogP contribution >= 0.6 is 22.7 Å². The van der Waals surface area contributed by atoms with Gasteiger partial charge in [-0.3, -0.25) is 0 Å². The van der Waals surface area contributed by atoms with Crippen molar-refractivity contribution in [1.82, 2.24) is 14.6 Å². The standard InChI is InChI=1S/C20H11N3OS2/c1-2-4-17-15(3-1)21-20(24-17)12-5-7-23-13(9-12)10-16(22-23)14-11-26-18-6-8-25-19(14)18/h1-11H. The van der Waals surface area contributed by atoms with Gasteiger partial charge in [0.25, 0.3) is 0 Å². The van der Waals surface area contributed by atoms with E-state index in [0.29, 0.717) is 5.89 Å². The minimum Gasteiger partial charge on any atom is -0.436 e. The van der Waals surface area contributed by atoms with Crippen LogP contribution in [0, 0.1) is 0 Å². The Bertz CT molecular complexity index is 1370. The third-order valence-corrected chi connectivity index (χ3v) is 6.48. The molecule has 6 rings (SSSR count). The minimum absolute atomic E-state index is 0.632. The van der Waals surface area contributed by atoms with Gasteiger partial charge in [0.1, 0.15) is 5.52 Å². The van der Waals surface area contributed by atoms with Gasteiger partial charge < -0.3 is 4.42 Å². The first-order chi connectivity index (χ1) is 12.8. The van der Waals surface area contributed by atoms with Gasteiger partial charge in [0.05, 0.1) is 15.9 Å². The van der Waals surface area contributed by atoms with Crippen LogP contribution in [0.3, 0.4) is 0 Å². The van der Waals surface area contributed by atoms with E-state index >= 15 is 0 Å². The van der Waals surface area contributed by atoms with E-state index in [0.717, 1.165) is 27.9 Å². The third kappa shape index (κ3) is 2.06. The van der Waals surface area contributed by atoms with Crippen LogP contribution in [0.15, 0.2) is 69.9 Å². The van der Waals surface area contributed by atoms with Crippen molar-refractivity contribution in [3.8, 4) is 22.7 Å². The number of hydrogen-bond donors (Lipinski definition) is 0. The quantitative estimate of drug-likeness (QED) is 0.369. The van der Waals surface area contributed by atoms with Gasteiger partial charge in [-0.2, -0.15) is 5.10 Å². The van der Waals surface area contributed by atoms with Crippen LogP contribution in [0.2, 0.25) is 0 Å². The fraction of sp³-hybridized carbons (Fsp3) is 0. The Balaban J connectivity index is 1.49. The highest BCUT2D eigenvalue weighted by molar-refractivity contribution is 7.26. The second-order valence-electron chi connectivity index (χ2n) is 6.06. The molecule has 0 radical (unpaired) electrons. The number of para-hydroxylation sites is 2. The predicted molar refractivity (Wildman–Crippen MR) is 107 cm³/mol. The highest BCUT2D eigenvalue weighted by atomic mass is 32.1. The van der Waals surface area contributed by atoms with Gasteiger partial charge >= 0.3 is 0 Å². The topological polar surface area (TPSA) is 43.3 Å². The Hall–Kier alpha value is -2.96. The predicted octanol–water partition coefficient (Wildman–Crippen LogP) is 6.09. The number of hydrogen-bond acceptors (Lipinski definition) is 5. The molecule has 124 valence electrons. The molecule has 0 saturated carbocycles. The van der Waals surface area contributed by atoms with Crippen LogP contribution in [0.25, 0.3) is 48.7 Å². The zero-order chi connectivity index (χ0) is 17.1. The molecular weight excluding hydrogens is 362 g/mol. The highest BCUT2D eigenvalue weighted by Crippen LogP contribution is 2.37. The lowest BCUT2D eigenvalue weighted by atomic mass is 10.2. The fourth-order valence-corrected chi connectivity index (χ4v) is 5.31. The Kier molecular flexibility index (Phi) is 2.88. The molecule has 26 heavy (non-hydrogen) atoms. The summed E-state index contributed by atoms with van der Waals surface area (Å²) < 4.78 is 10.4. The monoisotopic (exact) mass is 373 g/mol. The first kappa shape index (κ1) is 14.2. The number of oxazole rings is 1. The Labute approximate surface area is 156 Å². The molecule has 0 atom stereocenters. The van der Waals surface area contributed by atoms with Gasteiger partial charge in [-0.05, 0) is 41.8 Å². The summed E-state index contributed by atoms with van der Waals surface area (Å²) in [7, 11) is 0. The molecule has 0 fully saturated rings. The van der Waals surface area contributed by atoms with Gasteiger partial charge in [-0.1, -0.05) is 12.1 Å². The lowest BCUT2D eigenvalue weighted by Crippen LogP contribution is -1.87. The van der Waals surface area contributed by atoms with Crippen molar-refractivity contribution in [2.45, 2.75) is 0 Å². The number of fused-ring (bicyclic) bond motifs is 3. The molecule has 0 aliphatic heterocycles. The number of pyridine rings is 1. The van der Waals surface area contributed by atoms with E-state index in [2.05, 4.69) is 33.9 Å². The third-order valence-electron chi connectivity index (χ3n) is 4.46. The molecule has 0 unspecified atom stereocenters. The van der Waals surface area contributed by atoms with Crippen molar-refractivity contribution in [1.29, 1.82) is 0 Å². The molecule has 0 saturated heterocycles. The average Bonchev–Trinajstić information content (AvgIpc) is 3.41. The van der Waals surface area contributed by atoms with Crippen LogP contribution < -0.4 is 0 Å². The smallest absolute Gasteiger partial charge is 0.227 e. The van der Waals surface area contributed by atoms with E-state index in [-0.39, 0.29) is 0 Å².